The predicted molar refractivity (Wildman–Crippen MR) is 68.8 cm³/mol. The molecule has 2 N–H and O–H groups in total. The highest BCUT2D eigenvalue weighted by atomic mass is 16.4. The number of aromatic nitrogens is 1. The first-order chi connectivity index (χ1) is 8.20. The van der Waals surface area contributed by atoms with E-state index in [9.17, 15) is 0 Å². The zero-order valence-electron chi connectivity index (χ0n) is 10.9. The minimum absolute atomic E-state index is 0.448. The molecular weight excluding hydrogens is 214 g/mol. The number of rotatable bonds is 5. The monoisotopic (exact) mass is 237 g/mol. The Morgan fingerprint density at radius 1 is 1.47 bits per heavy atom. The molecule has 1 aromatic heterocycles. The average Bonchev–Trinajstić information content (AvgIpc) is 2.97. The fourth-order valence-electron chi connectivity index (χ4n) is 2.51. The smallest absolute Gasteiger partial charge is 0.297 e. The molecule has 0 radical (unpaired) electrons. The van der Waals surface area contributed by atoms with Crippen LogP contribution < -0.4 is 10.6 Å². The number of oxazole rings is 1. The Morgan fingerprint density at radius 2 is 2.18 bits per heavy atom. The Bertz CT molecular complexity index is 342. The lowest BCUT2D eigenvalue weighted by Crippen LogP contribution is -2.36. The van der Waals surface area contributed by atoms with Crippen LogP contribution in [0.4, 0.5) is 6.01 Å². The van der Waals surface area contributed by atoms with Crippen LogP contribution in [-0.4, -0.2) is 17.6 Å². The summed E-state index contributed by atoms with van der Waals surface area (Å²) in [6, 6.07) is 1.35. The highest BCUT2D eigenvalue weighted by molar-refractivity contribution is 5.29. The van der Waals surface area contributed by atoms with Crippen molar-refractivity contribution in [2.75, 3.05) is 11.4 Å². The van der Waals surface area contributed by atoms with Crippen LogP contribution in [0, 0.1) is 5.92 Å². The second-order valence-corrected chi connectivity index (χ2v) is 5.31. The van der Waals surface area contributed by atoms with E-state index in [2.05, 4.69) is 23.7 Å². The maximum Gasteiger partial charge on any atom is 0.297 e. The topological polar surface area (TPSA) is 55.3 Å². The van der Waals surface area contributed by atoms with Crippen molar-refractivity contribution in [2.45, 2.75) is 52.1 Å². The Hall–Kier alpha value is -1.03. The molecule has 4 heteroatoms. The zero-order valence-corrected chi connectivity index (χ0v) is 10.9. The summed E-state index contributed by atoms with van der Waals surface area (Å²) in [5.41, 5.74) is 6.42. The van der Waals surface area contributed by atoms with Crippen molar-refractivity contribution >= 4 is 6.01 Å². The van der Waals surface area contributed by atoms with Gasteiger partial charge in [-0.05, 0) is 18.8 Å². The summed E-state index contributed by atoms with van der Waals surface area (Å²) < 4.78 is 5.57. The molecule has 1 aliphatic rings. The number of hydrogen-bond acceptors (Lipinski definition) is 4. The standard InChI is InChI=1S/C13H23N3O/c1-10(2)8-16(12-5-3-4-6-12)13-15-11(7-14)9-17-13/h9-10,12H,3-8,14H2,1-2H3. The van der Waals surface area contributed by atoms with E-state index in [0.29, 0.717) is 18.5 Å². The summed E-state index contributed by atoms with van der Waals surface area (Å²) in [6.45, 7) is 5.92. The van der Waals surface area contributed by atoms with Crippen LogP contribution in [0.1, 0.15) is 45.2 Å². The van der Waals surface area contributed by atoms with Crippen LogP contribution in [0.3, 0.4) is 0 Å². The normalized spacial score (nSPS) is 16.9. The molecule has 2 rings (SSSR count). The Kier molecular flexibility index (Phi) is 4.05. The Balaban J connectivity index is 2.13. The summed E-state index contributed by atoms with van der Waals surface area (Å²) in [4.78, 5) is 6.79. The predicted octanol–water partition coefficient (Wildman–Crippen LogP) is 2.54. The van der Waals surface area contributed by atoms with Gasteiger partial charge < -0.3 is 15.1 Å². The van der Waals surface area contributed by atoms with Crippen LogP contribution in [0.2, 0.25) is 0 Å². The molecular formula is C13H23N3O. The van der Waals surface area contributed by atoms with E-state index < -0.39 is 0 Å². The summed E-state index contributed by atoms with van der Waals surface area (Å²) in [6.07, 6.45) is 6.84. The maximum absolute atomic E-state index is 5.58. The lowest BCUT2D eigenvalue weighted by atomic mass is 10.1. The molecule has 0 bridgehead atoms. The molecule has 1 heterocycles. The highest BCUT2D eigenvalue weighted by Gasteiger charge is 2.26. The van der Waals surface area contributed by atoms with Gasteiger partial charge in [0, 0.05) is 19.1 Å². The molecule has 0 aliphatic heterocycles. The third kappa shape index (κ3) is 3.00. The third-order valence-corrected chi connectivity index (χ3v) is 3.32. The van der Waals surface area contributed by atoms with Crippen molar-refractivity contribution in [1.29, 1.82) is 0 Å². The minimum Gasteiger partial charge on any atom is -0.432 e. The lowest BCUT2D eigenvalue weighted by Gasteiger charge is -2.28. The van der Waals surface area contributed by atoms with Gasteiger partial charge >= 0.3 is 0 Å². The van der Waals surface area contributed by atoms with Gasteiger partial charge in [0.1, 0.15) is 6.26 Å². The molecule has 4 nitrogen and oxygen atoms in total. The Labute approximate surface area is 103 Å². The molecule has 0 spiro atoms. The quantitative estimate of drug-likeness (QED) is 0.855. The van der Waals surface area contributed by atoms with Crippen molar-refractivity contribution in [3.63, 3.8) is 0 Å². The molecule has 96 valence electrons. The van der Waals surface area contributed by atoms with E-state index in [4.69, 9.17) is 10.2 Å². The number of hydrogen-bond donors (Lipinski definition) is 1. The first-order valence-electron chi connectivity index (χ1n) is 6.61. The van der Waals surface area contributed by atoms with Gasteiger partial charge in [0.25, 0.3) is 6.01 Å². The second-order valence-electron chi connectivity index (χ2n) is 5.31. The van der Waals surface area contributed by atoms with Gasteiger partial charge in [0.05, 0.1) is 5.69 Å². The molecule has 0 aromatic carbocycles. The SMILES string of the molecule is CC(C)CN(c1nc(CN)co1)C1CCCC1. The summed E-state index contributed by atoms with van der Waals surface area (Å²) >= 11 is 0. The van der Waals surface area contributed by atoms with Gasteiger partial charge in [-0.2, -0.15) is 4.98 Å². The first kappa shape index (κ1) is 12.4. The largest absolute Gasteiger partial charge is 0.432 e. The van der Waals surface area contributed by atoms with Crippen molar-refractivity contribution in [3.8, 4) is 0 Å². The van der Waals surface area contributed by atoms with E-state index >= 15 is 0 Å². The molecule has 0 amide bonds. The number of nitrogens with zero attached hydrogens (tertiary/aromatic N) is 2. The summed E-state index contributed by atoms with van der Waals surface area (Å²) in [5.74, 6) is 0.615. The van der Waals surface area contributed by atoms with Gasteiger partial charge in [0.15, 0.2) is 0 Å². The molecule has 17 heavy (non-hydrogen) atoms. The van der Waals surface area contributed by atoms with Gasteiger partial charge in [-0.3, -0.25) is 0 Å². The van der Waals surface area contributed by atoms with Gasteiger partial charge in [-0.15, -0.1) is 0 Å². The first-order valence-corrected chi connectivity index (χ1v) is 6.61. The lowest BCUT2D eigenvalue weighted by molar-refractivity contribution is 0.463. The van der Waals surface area contributed by atoms with E-state index in [-0.39, 0.29) is 0 Å². The molecule has 1 aromatic rings. The molecule has 1 fully saturated rings. The maximum atomic E-state index is 5.58. The number of anilines is 1. The second kappa shape index (κ2) is 5.54. The van der Waals surface area contributed by atoms with Crippen molar-refractivity contribution in [2.24, 2.45) is 11.7 Å². The van der Waals surface area contributed by atoms with Crippen LogP contribution in [0.15, 0.2) is 10.7 Å². The van der Waals surface area contributed by atoms with Gasteiger partial charge in [-0.1, -0.05) is 26.7 Å². The van der Waals surface area contributed by atoms with E-state index in [1.165, 1.54) is 25.7 Å². The Morgan fingerprint density at radius 3 is 2.71 bits per heavy atom. The van der Waals surface area contributed by atoms with Gasteiger partial charge in [0.2, 0.25) is 0 Å². The van der Waals surface area contributed by atoms with E-state index in [1.54, 1.807) is 6.26 Å². The van der Waals surface area contributed by atoms with E-state index in [0.717, 1.165) is 18.3 Å². The average molecular weight is 237 g/mol. The fraction of sp³-hybridized carbons (Fsp3) is 0.769. The third-order valence-electron chi connectivity index (χ3n) is 3.32. The van der Waals surface area contributed by atoms with Crippen molar-refractivity contribution in [1.82, 2.24) is 4.98 Å². The minimum atomic E-state index is 0.448. The fourth-order valence-corrected chi connectivity index (χ4v) is 2.51. The molecule has 0 saturated heterocycles. The van der Waals surface area contributed by atoms with E-state index in [1.807, 2.05) is 0 Å². The zero-order chi connectivity index (χ0) is 12.3. The van der Waals surface area contributed by atoms with Crippen LogP contribution in [0.25, 0.3) is 0 Å². The van der Waals surface area contributed by atoms with Crippen LogP contribution in [0.5, 0.6) is 0 Å². The summed E-state index contributed by atoms with van der Waals surface area (Å²) in [7, 11) is 0. The summed E-state index contributed by atoms with van der Waals surface area (Å²) in [5, 5.41) is 0. The van der Waals surface area contributed by atoms with Crippen molar-refractivity contribution < 1.29 is 4.42 Å². The van der Waals surface area contributed by atoms with Crippen LogP contribution in [-0.2, 0) is 6.54 Å². The van der Waals surface area contributed by atoms with Gasteiger partial charge in [-0.25, -0.2) is 0 Å². The highest BCUT2D eigenvalue weighted by Crippen LogP contribution is 2.28. The molecule has 0 unspecified atom stereocenters. The van der Waals surface area contributed by atoms with Crippen LogP contribution >= 0.6 is 0 Å². The van der Waals surface area contributed by atoms with Crippen molar-refractivity contribution in [3.05, 3.63) is 12.0 Å². The molecule has 0 atom stereocenters. The number of nitrogens with two attached hydrogens (primary N) is 1. The molecule has 1 aliphatic carbocycles. The molecule has 1 saturated carbocycles.